The van der Waals surface area contributed by atoms with Crippen LogP contribution >= 0.6 is 0 Å². The van der Waals surface area contributed by atoms with E-state index in [-0.39, 0.29) is 38.0 Å². The Bertz CT molecular complexity index is 458. The normalized spacial score (nSPS) is 10.0. The Balaban J connectivity index is 2.69. The fraction of sp³-hybridized carbons (Fsp3) is 0.467. The summed E-state index contributed by atoms with van der Waals surface area (Å²) >= 11 is 0. The second-order valence-corrected chi connectivity index (χ2v) is 4.30. The number of rotatable bonds is 8. The molecule has 1 amide bonds. The van der Waals surface area contributed by atoms with E-state index >= 15 is 0 Å². The molecule has 1 N–H and O–H groups in total. The number of hydrogen-bond donors (Lipinski definition) is 1. The lowest BCUT2D eigenvalue weighted by molar-refractivity contribution is -0.143. The lowest BCUT2D eigenvalue weighted by atomic mass is 10.2. The second-order valence-electron chi connectivity index (χ2n) is 4.30. The molecule has 0 bridgehead atoms. The van der Waals surface area contributed by atoms with E-state index in [1.807, 2.05) is 0 Å². The van der Waals surface area contributed by atoms with E-state index in [1.54, 1.807) is 38.3 Å². The van der Waals surface area contributed by atoms with Crippen LogP contribution in [0.5, 0.6) is 5.75 Å². The summed E-state index contributed by atoms with van der Waals surface area (Å²) in [4.78, 5) is 25.1. The van der Waals surface area contributed by atoms with Crippen LogP contribution in [0.25, 0.3) is 0 Å². The first-order chi connectivity index (χ1) is 10.1. The highest BCUT2D eigenvalue weighted by molar-refractivity contribution is 5.94. The summed E-state index contributed by atoms with van der Waals surface area (Å²) in [6, 6.07) is 6.68. The van der Waals surface area contributed by atoms with Crippen LogP contribution in [0.4, 0.5) is 0 Å². The highest BCUT2D eigenvalue weighted by Gasteiger charge is 2.16. The molecule has 6 nitrogen and oxygen atoms in total. The molecule has 0 aromatic heterocycles. The van der Waals surface area contributed by atoms with Gasteiger partial charge in [-0.05, 0) is 31.2 Å². The number of esters is 1. The zero-order valence-corrected chi connectivity index (χ0v) is 12.4. The lowest BCUT2D eigenvalue weighted by Crippen LogP contribution is -2.35. The monoisotopic (exact) mass is 295 g/mol. The minimum Gasteiger partial charge on any atom is -0.497 e. The molecule has 0 saturated carbocycles. The van der Waals surface area contributed by atoms with Gasteiger partial charge in [-0.3, -0.25) is 9.59 Å². The molecule has 0 fully saturated rings. The van der Waals surface area contributed by atoms with Crippen molar-refractivity contribution in [3.05, 3.63) is 29.8 Å². The number of carbonyl (C=O) groups is 2. The van der Waals surface area contributed by atoms with Gasteiger partial charge < -0.3 is 19.5 Å². The molecule has 0 aliphatic heterocycles. The van der Waals surface area contributed by atoms with Crippen molar-refractivity contribution in [2.24, 2.45) is 0 Å². The van der Waals surface area contributed by atoms with Crippen molar-refractivity contribution in [3.63, 3.8) is 0 Å². The summed E-state index contributed by atoms with van der Waals surface area (Å²) in [5, 5.41) is 9.05. The van der Waals surface area contributed by atoms with Crippen LogP contribution in [0.1, 0.15) is 23.7 Å². The van der Waals surface area contributed by atoms with Crippen molar-refractivity contribution in [1.29, 1.82) is 0 Å². The number of nitrogens with zero attached hydrogens (tertiary/aromatic N) is 1. The lowest BCUT2D eigenvalue weighted by Gasteiger charge is -2.21. The van der Waals surface area contributed by atoms with Crippen molar-refractivity contribution in [2.75, 3.05) is 33.4 Å². The average molecular weight is 295 g/mol. The highest BCUT2D eigenvalue weighted by Crippen LogP contribution is 2.13. The number of methoxy groups -OCH3 is 1. The number of carbonyl (C=O) groups excluding carboxylic acids is 2. The topological polar surface area (TPSA) is 76.1 Å². The highest BCUT2D eigenvalue weighted by atomic mass is 16.5. The van der Waals surface area contributed by atoms with Crippen LogP contribution in [-0.4, -0.2) is 55.3 Å². The van der Waals surface area contributed by atoms with Gasteiger partial charge >= 0.3 is 5.97 Å². The summed E-state index contributed by atoms with van der Waals surface area (Å²) in [5.41, 5.74) is 0.480. The Morgan fingerprint density at radius 3 is 2.38 bits per heavy atom. The number of amides is 1. The van der Waals surface area contributed by atoms with E-state index in [1.165, 1.54) is 4.90 Å². The first kappa shape index (κ1) is 17.0. The van der Waals surface area contributed by atoms with Gasteiger partial charge in [-0.15, -0.1) is 0 Å². The fourth-order valence-electron chi connectivity index (χ4n) is 1.81. The summed E-state index contributed by atoms with van der Waals surface area (Å²) in [6.07, 6.45) is 0.107. The molecule has 0 atom stereocenters. The van der Waals surface area contributed by atoms with Crippen LogP contribution in [0.15, 0.2) is 24.3 Å². The minimum absolute atomic E-state index is 0.107. The van der Waals surface area contributed by atoms with Crippen molar-refractivity contribution in [1.82, 2.24) is 4.90 Å². The van der Waals surface area contributed by atoms with Gasteiger partial charge in [-0.25, -0.2) is 0 Å². The second kappa shape index (κ2) is 8.97. The molecular formula is C15H21NO5. The summed E-state index contributed by atoms with van der Waals surface area (Å²) in [6.45, 7) is 2.26. The molecule has 0 radical (unpaired) electrons. The minimum atomic E-state index is -0.358. The molecule has 0 spiro atoms. The zero-order valence-electron chi connectivity index (χ0n) is 12.4. The fourth-order valence-corrected chi connectivity index (χ4v) is 1.81. The van der Waals surface area contributed by atoms with E-state index < -0.39 is 0 Å². The molecule has 6 heteroatoms. The number of ether oxygens (including phenoxy) is 2. The molecule has 1 aromatic rings. The van der Waals surface area contributed by atoms with Crippen LogP contribution in [0.2, 0.25) is 0 Å². The van der Waals surface area contributed by atoms with Gasteiger partial charge in [0, 0.05) is 18.7 Å². The summed E-state index contributed by atoms with van der Waals surface area (Å²) in [5.74, 6) is 0.0609. The third-order valence-corrected chi connectivity index (χ3v) is 2.89. The largest absolute Gasteiger partial charge is 0.497 e. The maximum atomic E-state index is 12.3. The molecule has 1 rings (SSSR count). The Morgan fingerprint density at radius 1 is 1.19 bits per heavy atom. The number of benzene rings is 1. The molecule has 21 heavy (non-hydrogen) atoms. The third kappa shape index (κ3) is 5.43. The van der Waals surface area contributed by atoms with Crippen molar-refractivity contribution < 1.29 is 24.2 Å². The molecule has 0 saturated heterocycles. The predicted octanol–water partition coefficient (Wildman–Crippen LogP) is 1.08. The van der Waals surface area contributed by atoms with Crippen molar-refractivity contribution in [3.8, 4) is 5.75 Å². The van der Waals surface area contributed by atoms with Crippen LogP contribution in [0, 0.1) is 0 Å². The first-order valence-electron chi connectivity index (χ1n) is 6.82. The van der Waals surface area contributed by atoms with E-state index in [2.05, 4.69) is 0 Å². The summed E-state index contributed by atoms with van der Waals surface area (Å²) in [7, 11) is 1.55. The Labute approximate surface area is 124 Å². The van der Waals surface area contributed by atoms with E-state index in [0.717, 1.165) is 0 Å². The molecule has 1 aromatic carbocycles. The third-order valence-electron chi connectivity index (χ3n) is 2.89. The first-order valence-corrected chi connectivity index (χ1v) is 6.82. The maximum absolute atomic E-state index is 12.3. The number of aliphatic hydroxyl groups is 1. The van der Waals surface area contributed by atoms with Crippen molar-refractivity contribution >= 4 is 11.9 Å². The van der Waals surface area contributed by atoms with Gasteiger partial charge in [-0.1, -0.05) is 0 Å². The van der Waals surface area contributed by atoms with Gasteiger partial charge in [0.25, 0.3) is 5.91 Å². The van der Waals surface area contributed by atoms with Crippen LogP contribution in [0.3, 0.4) is 0 Å². The van der Waals surface area contributed by atoms with Crippen LogP contribution in [-0.2, 0) is 9.53 Å². The van der Waals surface area contributed by atoms with Crippen LogP contribution < -0.4 is 4.74 Å². The number of aliphatic hydroxyl groups excluding tert-OH is 1. The Morgan fingerprint density at radius 2 is 1.86 bits per heavy atom. The molecule has 0 aliphatic carbocycles. The van der Waals surface area contributed by atoms with Gasteiger partial charge in [0.05, 0.1) is 26.7 Å². The predicted molar refractivity (Wildman–Crippen MR) is 77.2 cm³/mol. The van der Waals surface area contributed by atoms with Gasteiger partial charge in [-0.2, -0.15) is 0 Å². The molecule has 0 heterocycles. The average Bonchev–Trinajstić information content (AvgIpc) is 2.51. The van der Waals surface area contributed by atoms with E-state index in [9.17, 15) is 9.59 Å². The van der Waals surface area contributed by atoms with E-state index in [4.69, 9.17) is 14.6 Å². The van der Waals surface area contributed by atoms with Gasteiger partial charge in [0.1, 0.15) is 5.75 Å². The smallest absolute Gasteiger partial charge is 0.307 e. The molecule has 0 unspecified atom stereocenters. The molecule has 116 valence electrons. The number of hydrogen-bond acceptors (Lipinski definition) is 5. The maximum Gasteiger partial charge on any atom is 0.307 e. The van der Waals surface area contributed by atoms with Crippen molar-refractivity contribution in [2.45, 2.75) is 13.3 Å². The molecule has 0 aliphatic rings. The zero-order chi connectivity index (χ0) is 15.7. The quantitative estimate of drug-likeness (QED) is 0.726. The summed E-state index contributed by atoms with van der Waals surface area (Å²) < 4.78 is 9.87. The van der Waals surface area contributed by atoms with Gasteiger partial charge in [0.2, 0.25) is 0 Å². The van der Waals surface area contributed by atoms with E-state index in [0.29, 0.717) is 17.9 Å². The SMILES string of the molecule is CCOC(=O)CCN(CCO)C(=O)c1ccc(OC)cc1. The standard InChI is InChI=1S/C15H21NO5/c1-3-21-14(18)8-9-16(10-11-17)15(19)12-4-6-13(20-2)7-5-12/h4-7,17H,3,8-11H2,1-2H3. The van der Waals surface area contributed by atoms with Gasteiger partial charge in [0.15, 0.2) is 0 Å². The molecular weight excluding hydrogens is 274 g/mol. The Hall–Kier alpha value is -2.08. The Kier molecular flexibility index (Phi) is 7.25.